The second kappa shape index (κ2) is 5.21. The highest BCUT2D eigenvalue weighted by molar-refractivity contribution is 4.98. The van der Waals surface area contributed by atoms with Gasteiger partial charge in [-0.25, -0.2) is 4.98 Å². The minimum Gasteiger partial charge on any atom is -0.337 e. The first-order valence-electron chi connectivity index (χ1n) is 6.87. The fourth-order valence-corrected chi connectivity index (χ4v) is 2.58. The van der Waals surface area contributed by atoms with Gasteiger partial charge in [0.1, 0.15) is 0 Å². The Labute approximate surface area is 105 Å². The number of hydrogen-bond donors (Lipinski definition) is 1. The molecule has 1 heterocycles. The molecule has 1 aromatic heterocycles. The van der Waals surface area contributed by atoms with Crippen LogP contribution in [0.15, 0.2) is 12.5 Å². The van der Waals surface area contributed by atoms with E-state index < -0.39 is 0 Å². The van der Waals surface area contributed by atoms with Crippen molar-refractivity contribution in [3.63, 3.8) is 0 Å². The van der Waals surface area contributed by atoms with Gasteiger partial charge in [0.15, 0.2) is 0 Å². The lowest BCUT2D eigenvalue weighted by atomic mass is 9.67. The van der Waals surface area contributed by atoms with Crippen LogP contribution >= 0.6 is 0 Å². The van der Waals surface area contributed by atoms with Gasteiger partial charge in [0.2, 0.25) is 0 Å². The van der Waals surface area contributed by atoms with E-state index in [2.05, 4.69) is 41.8 Å². The van der Waals surface area contributed by atoms with Crippen molar-refractivity contribution >= 4 is 0 Å². The number of rotatable bonds is 6. The van der Waals surface area contributed by atoms with Crippen LogP contribution in [-0.4, -0.2) is 15.6 Å². The Morgan fingerprint density at radius 3 is 2.76 bits per heavy atom. The molecule has 0 radical (unpaired) electrons. The lowest BCUT2D eigenvalue weighted by Crippen LogP contribution is -2.33. The van der Waals surface area contributed by atoms with Crippen LogP contribution in [-0.2, 0) is 13.1 Å². The highest BCUT2D eigenvalue weighted by Gasteiger charge is 2.35. The molecule has 1 saturated carbocycles. The minimum absolute atomic E-state index is 0.522. The zero-order valence-electron chi connectivity index (χ0n) is 11.4. The van der Waals surface area contributed by atoms with E-state index in [-0.39, 0.29) is 0 Å². The summed E-state index contributed by atoms with van der Waals surface area (Å²) in [5, 5.41) is 3.40. The van der Waals surface area contributed by atoms with Gasteiger partial charge in [-0.15, -0.1) is 0 Å². The van der Waals surface area contributed by atoms with E-state index in [1.54, 1.807) is 0 Å². The second-order valence-corrected chi connectivity index (χ2v) is 5.78. The highest BCUT2D eigenvalue weighted by atomic mass is 15.1. The largest absolute Gasteiger partial charge is 0.337 e. The molecule has 0 unspecified atom stereocenters. The molecule has 1 aliphatic rings. The molecular weight excluding hydrogens is 210 g/mol. The lowest BCUT2D eigenvalue weighted by Gasteiger charge is -2.41. The lowest BCUT2D eigenvalue weighted by molar-refractivity contribution is 0.100. The Balaban J connectivity index is 1.89. The van der Waals surface area contributed by atoms with E-state index in [9.17, 15) is 0 Å². The van der Waals surface area contributed by atoms with Crippen molar-refractivity contribution in [2.24, 2.45) is 5.41 Å². The minimum atomic E-state index is 0.522. The maximum absolute atomic E-state index is 4.47. The second-order valence-electron chi connectivity index (χ2n) is 5.78. The van der Waals surface area contributed by atoms with E-state index in [1.165, 1.54) is 25.7 Å². The first-order valence-corrected chi connectivity index (χ1v) is 6.87. The number of hydrogen-bond acceptors (Lipinski definition) is 2. The van der Waals surface area contributed by atoms with Gasteiger partial charge in [-0.2, -0.15) is 0 Å². The van der Waals surface area contributed by atoms with Crippen molar-refractivity contribution < 1.29 is 0 Å². The molecule has 0 amide bonds. The van der Waals surface area contributed by atoms with Crippen molar-refractivity contribution in [1.29, 1.82) is 0 Å². The summed E-state index contributed by atoms with van der Waals surface area (Å²) in [6.45, 7) is 8.67. The zero-order chi connectivity index (χ0) is 12.3. The van der Waals surface area contributed by atoms with Gasteiger partial charge in [-0.1, -0.05) is 27.2 Å². The van der Waals surface area contributed by atoms with Gasteiger partial charge in [0.25, 0.3) is 0 Å². The van der Waals surface area contributed by atoms with Gasteiger partial charge in [0, 0.05) is 25.3 Å². The molecule has 0 spiro atoms. The van der Waals surface area contributed by atoms with Crippen molar-refractivity contribution in [2.75, 3.05) is 0 Å². The van der Waals surface area contributed by atoms with Gasteiger partial charge < -0.3 is 9.88 Å². The average Bonchev–Trinajstić information content (AvgIpc) is 2.68. The normalized spacial score (nSPS) is 18.4. The van der Waals surface area contributed by atoms with Gasteiger partial charge in [-0.05, 0) is 24.7 Å². The Morgan fingerprint density at radius 1 is 1.47 bits per heavy atom. The molecule has 0 saturated heterocycles. The average molecular weight is 235 g/mol. The maximum Gasteiger partial charge on any atom is 0.0950 e. The summed E-state index contributed by atoms with van der Waals surface area (Å²) in [7, 11) is 0. The van der Waals surface area contributed by atoms with Crippen LogP contribution in [0.4, 0.5) is 0 Å². The Kier molecular flexibility index (Phi) is 3.87. The molecule has 1 N–H and O–H groups in total. The predicted molar refractivity (Wildman–Crippen MR) is 70.8 cm³/mol. The van der Waals surface area contributed by atoms with Crippen molar-refractivity contribution in [2.45, 2.75) is 65.6 Å². The summed E-state index contributed by atoms with van der Waals surface area (Å²) in [4.78, 5) is 4.47. The van der Waals surface area contributed by atoms with Crippen LogP contribution in [0.25, 0.3) is 0 Å². The van der Waals surface area contributed by atoms with E-state index in [4.69, 9.17) is 0 Å². The van der Waals surface area contributed by atoms with Gasteiger partial charge >= 0.3 is 0 Å². The molecule has 3 heteroatoms. The molecule has 2 rings (SSSR count). The molecule has 0 aliphatic heterocycles. The van der Waals surface area contributed by atoms with Crippen LogP contribution < -0.4 is 5.32 Å². The topological polar surface area (TPSA) is 29.9 Å². The molecule has 0 bridgehead atoms. The molecule has 17 heavy (non-hydrogen) atoms. The van der Waals surface area contributed by atoms with Crippen molar-refractivity contribution in [3.05, 3.63) is 18.2 Å². The van der Waals surface area contributed by atoms with Crippen LogP contribution in [0.2, 0.25) is 0 Å². The molecule has 0 aromatic carbocycles. The monoisotopic (exact) mass is 235 g/mol. The van der Waals surface area contributed by atoms with E-state index in [0.29, 0.717) is 11.5 Å². The molecular formula is C14H25N3. The van der Waals surface area contributed by atoms with E-state index >= 15 is 0 Å². The summed E-state index contributed by atoms with van der Waals surface area (Å²) in [5.74, 6) is 0. The predicted octanol–water partition coefficient (Wildman–Crippen LogP) is 2.96. The molecule has 0 atom stereocenters. The number of nitrogens with one attached hydrogen (secondary N) is 1. The molecule has 1 fully saturated rings. The highest BCUT2D eigenvalue weighted by Crippen LogP contribution is 2.45. The smallest absolute Gasteiger partial charge is 0.0950 e. The van der Waals surface area contributed by atoms with Gasteiger partial charge in [-0.3, -0.25) is 0 Å². The third-order valence-corrected chi connectivity index (χ3v) is 4.06. The van der Waals surface area contributed by atoms with E-state index in [0.717, 1.165) is 18.8 Å². The summed E-state index contributed by atoms with van der Waals surface area (Å²) in [5.41, 5.74) is 1.73. The first-order chi connectivity index (χ1) is 8.13. The molecule has 1 aromatic rings. The van der Waals surface area contributed by atoms with Crippen LogP contribution in [0.5, 0.6) is 0 Å². The standard InChI is InChI=1S/C14H25N3/c1-4-14(6-5-7-14)10-17-9-13(16-11-17)8-15-12(2)3/h9,11-12,15H,4-8,10H2,1-3H3. The van der Waals surface area contributed by atoms with Gasteiger partial charge in [0.05, 0.1) is 12.0 Å². The summed E-state index contributed by atoms with van der Waals surface area (Å²) < 4.78 is 2.28. The first kappa shape index (κ1) is 12.6. The van der Waals surface area contributed by atoms with Crippen LogP contribution in [0.1, 0.15) is 52.1 Å². The maximum atomic E-state index is 4.47. The summed E-state index contributed by atoms with van der Waals surface area (Å²) in [6.07, 6.45) is 9.68. The SMILES string of the molecule is CCC1(Cn2cnc(CNC(C)C)c2)CCC1. The quantitative estimate of drug-likeness (QED) is 0.821. The van der Waals surface area contributed by atoms with Crippen LogP contribution in [0, 0.1) is 5.41 Å². The van der Waals surface area contributed by atoms with Crippen molar-refractivity contribution in [3.8, 4) is 0 Å². The van der Waals surface area contributed by atoms with Crippen molar-refractivity contribution in [1.82, 2.24) is 14.9 Å². The molecule has 3 nitrogen and oxygen atoms in total. The fourth-order valence-electron chi connectivity index (χ4n) is 2.58. The summed E-state index contributed by atoms with van der Waals surface area (Å²) >= 11 is 0. The number of aromatic nitrogens is 2. The number of nitrogens with zero attached hydrogens (tertiary/aromatic N) is 2. The summed E-state index contributed by atoms with van der Waals surface area (Å²) in [6, 6.07) is 0.522. The molecule has 96 valence electrons. The fraction of sp³-hybridized carbons (Fsp3) is 0.786. The Hall–Kier alpha value is -0.830. The third-order valence-electron chi connectivity index (χ3n) is 4.06. The Morgan fingerprint density at radius 2 is 2.24 bits per heavy atom. The zero-order valence-corrected chi connectivity index (χ0v) is 11.4. The molecule has 1 aliphatic carbocycles. The Bertz CT molecular complexity index is 345. The van der Waals surface area contributed by atoms with Crippen LogP contribution in [0.3, 0.4) is 0 Å². The number of imidazole rings is 1. The van der Waals surface area contributed by atoms with E-state index in [1.807, 2.05) is 6.33 Å². The third kappa shape index (κ3) is 3.09.